The van der Waals surface area contributed by atoms with E-state index >= 15 is 0 Å². The highest BCUT2D eigenvalue weighted by atomic mass is 16.5. The molecule has 0 radical (unpaired) electrons. The average molecular weight is 301 g/mol. The third-order valence-electron chi connectivity index (χ3n) is 2.75. The lowest BCUT2D eigenvalue weighted by Crippen LogP contribution is -2.12. The van der Waals surface area contributed by atoms with Gasteiger partial charge in [0.2, 0.25) is 0 Å². The van der Waals surface area contributed by atoms with Gasteiger partial charge in [0, 0.05) is 5.69 Å². The van der Waals surface area contributed by atoms with E-state index in [-0.39, 0.29) is 0 Å². The van der Waals surface area contributed by atoms with Crippen LogP contribution in [0.4, 0.5) is 10.5 Å². The molecule has 1 amide bonds. The molecule has 2 aromatic carbocycles. The number of carbonyl (C=O) groups excluding carboxylic acids is 1. The van der Waals surface area contributed by atoms with Crippen LogP contribution in [0.15, 0.2) is 48.5 Å². The van der Waals surface area contributed by atoms with Crippen molar-refractivity contribution in [2.24, 2.45) is 0 Å². The van der Waals surface area contributed by atoms with Crippen molar-refractivity contribution in [3.63, 3.8) is 0 Å². The van der Waals surface area contributed by atoms with Gasteiger partial charge in [-0.05, 0) is 62.4 Å². The minimum Gasteiger partial charge on any atom is -0.494 e. The van der Waals surface area contributed by atoms with Gasteiger partial charge in [0.15, 0.2) is 0 Å². The zero-order valence-corrected chi connectivity index (χ0v) is 12.7. The molecule has 0 heterocycles. The van der Waals surface area contributed by atoms with Crippen LogP contribution in [-0.2, 0) is 4.74 Å². The first-order valence-electron chi connectivity index (χ1n) is 7.15. The molecule has 0 aliphatic carbocycles. The highest BCUT2D eigenvalue weighted by Gasteiger charge is 2.03. The molecule has 2 rings (SSSR count). The summed E-state index contributed by atoms with van der Waals surface area (Å²) in [6, 6.07) is 14.5. The molecule has 0 fully saturated rings. The summed E-state index contributed by atoms with van der Waals surface area (Å²) in [5.74, 6) is 2.21. The zero-order chi connectivity index (χ0) is 15.8. The molecule has 0 atom stereocenters. The highest BCUT2D eigenvalue weighted by Crippen LogP contribution is 2.25. The van der Waals surface area contributed by atoms with Crippen LogP contribution < -0.4 is 14.8 Å². The van der Waals surface area contributed by atoms with E-state index in [1.54, 1.807) is 31.2 Å². The maximum atomic E-state index is 11.3. The van der Waals surface area contributed by atoms with Crippen LogP contribution in [-0.4, -0.2) is 19.3 Å². The summed E-state index contributed by atoms with van der Waals surface area (Å²) in [6.07, 6.45) is -0.470. The molecule has 0 aromatic heterocycles. The molecule has 5 heteroatoms. The molecule has 0 unspecified atom stereocenters. The van der Waals surface area contributed by atoms with Crippen molar-refractivity contribution in [3.05, 3.63) is 48.5 Å². The summed E-state index contributed by atoms with van der Waals surface area (Å²) < 4.78 is 15.9. The van der Waals surface area contributed by atoms with Crippen LogP contribution in [0.1, 0.15) is 13.8 Å². The summed E-state index contributed by atoms with van der Waals surface area (Å²) in [5.41, 5.74) is 0.650. The van der Waals surface area contributed by atoms with E-state index in [0.29, 0.717) is 24.7 Å². The van der Waals surface area contributed by atoms with E-state index in [0.717, 1.165) is 11.5 Å². The molecule has 0 saturated carbocycles. The molecular weight excluding hydrogens is 282 g/mol. The van der Waals surface area contributed by atoms with Gasteiger partial charge in [0.25, 0.3) is 0 Å². The number of carbonyl (C=O) groups is 1. The van der Waals surface area contributed by atoms with Crippen LogP contribution in [0.2, 0.25) is 0 Å². The van der Waals surface area contributed by atoms with Crippen LogP contribution in [0, 0.1) is 0 Å². The van der Waals surface area contributed by atoms with Crippen molar-refractivity contribution in [3.8, 4) is 17.2 Å². The van der Waals surface area contributed by atoms with Crippen LogP contribution in [0.25, 0.3) is 0 Å². The first kappa shape index (κ1) is 15.7. The van der Waals surface area contributed by atoms with Gasteiger partial charge in [0.1, 0.15) is 17.2 Å². The molecule has 0 spiro atoms. The SMILES string of the molecule is CCOC(=O)Nc1ccc(Oc2ccc(OCC)cc2)cc1. The standard InChI is InChI=1S/C17H19NO4/c1-3-20-14-9-11-16(12-10-14)22-15-7-5-13(6-8-15)18-17(19)21-4-2/h5-12H,3-4H2,1-2H3,(H,18,19). The normalized spacial score (nSPS) is 9.91. The quantitative estimate of drug-likeness (QED) is 0.856. The summed E-state index contributed by atoms with van der Waals surface area (Å²) >= 11 is 0. The fourth-order valence-corrected chi connectivity index (χ4v) is 1.80. The Morgan fingerprint density at radius 3 is 1.95 bits per heavy atom. The van der Waals surface area contributed by atoms with E-state index in [1.807, 2.05) is 31.2 Å². The number of hydrogen-bond acceptors (Lipinski definition) is 4. The lowest BCUT2D eigenvalue weighted by atomic mass is 10.3. The Kier molecular flexibility index (Phi) is 5.65. The first-order chi connectivity index (χ1) is 10.7. The molecule has 116 valence electrons. The molecule has 5 nitrogen and oxygen atoms in total. The Morgan fingerprint density at radius 1 is 0.864 bits per heavy atom. The maximum Gasteiger partial charge on any atom is 0.411 e. The third kappa shape index (κ3) is 4.70. The van der Waals surface area contributed by atoms with Crippen LogP contribution in [0.3, 0.4) is 0 Å². The maximum absolute atomic E-state index is 11.3. The fourth-order valence-electron chi connectivity index (χ4n) is 1.80. The Morgan fingerprint density at radius 2 is 1.41 bits per heavy atom. The van der Waals surface area contributed by atoms with Gasteiger partial charge < -0.3 is 14.2 Å². The molecule has 0 saturated heterocycles. The zero-order valence-electron chi connectivity index (χ0n) is 12.7. The summed E-state index contributed by atoms with van der Waals surface area (Å²) in [7, 11) is 0. The topological polar surface area (TPSA) is 56.8 Å². The molecule has 1 N–H and O–H groups in total. The minimum absolute atomic E-state index is 0.338. The number of hydrogen-bond donors (Lipinski definition) is 1. The molecule has 0 bridgehead atoms. The summed E-state index contributed by atoms with van der Waals surface area (Å²) in [5, 5.41) is 2.62. The van der Waals surface area contributed by atoms with Crippen molar-refractivity contribution in [1.82, 2.24) is 0 Å². The number of benzene rings is 2. The monoisotopic (exact) mass is 301 g/mol. The number of nitrogens with one attached hydrogen (secondary N) is 1. The third-order valence-corrected chi connectivity index (χ3v) is 2.75. The Balaban J connectivity index is 1.94. The average Bonchev–Trinajstić information content (AvgIpc) is 2.52. The highest BCUT2D eigenvalue weighted by molar-refractivity contribution is 5.84. The van der Waals surface area contributed by atoms with Gasteiger partial charge in [-0.3, -0.25) is 5.32 Å². The van der Waals surface area contributed by atoms with Crippen molar-refractivity contribution >= 4 is 11.8 Å². The predicted molar refractivity (Wildman–Crippen MR) is 84.8 cm³/mol. The lowest BCUT2D eigenvalue weighted by molar-refractivity contribution is 0.168. The largest absolute Gasteiger partial charge is 0.494 e. The number of ether oxygens (including phenoxy) is 3. The second kappa shape index (κ2) is 7.93. The van der Waals surface area contributed by atoms with Crippen molar-refractivity contribution in [2.75, 3.05) is 18.5 Å². The second-order valence-corrected chi connectivity index (χ2v) is 4.38. The van der Waals surface area contributed by atoms with Crippen LogP contribution in [0.5, 0.6) is 17.2 Å². The molecule has 0 aliphatic heterocycles. The Labute approximate surface area is 129 Å². The summed E-state index contributed by atoms with van der Waals surface area (Å²) in [4.78, 5) is 11.3. The second-order valence-electron chi connectivity index (χ2n) is 4.38. The smallest absolute Gasteiger partial charge is 0.411 e. The van der Waals surface area contributed by atoms with Gasteiger partial charge in [-0.1, -0.05) is 0 Å². The molecular formula is C17H19NO4. The number of anilines is 1. The minimum atomic E-state index is -0.470. The molecule has 2 aromatic rings. The van der Waals surface area contributed by atoms with E-state index in [1.165, 1.54) is 0 Å². The Hall–Kier alpha value is -2.69. The van der Waals surface area contributed by atoms with Gasteiger partial charge in [-0.15, -0.1) is 0 Å². The van der Waals surface area contributed by atoms with Crippen LogP contribution >= 0.6 is 0 Å². The van der Waals surface area contributed by atoms with Gasteiger partial charge in [-0.25, -0.2) is 4.79 Å². The predicted octanol–water partition coefficient (Wildman–Crippen LogP) is 4.45. The number of rotatable bonds is 6. The fraction of sp³-hybridized carbons (Fsp3) is 0.235. The summed E-state index contributed by atoms with van der Waals surface area (Å²) in [6.45, 7) is 4.67. The van der Waals surface area contributed by atoms with Crippen molar-refractivity contribution in [2.45, 2.75) is 13.8 Å². The van der Waals surface area contributed by atoms with E-state index in [4.69, 9.17) is 14.2 Å². The van der Waals surface area contributed by atoms with Gasteiger partial charge >= 0.3 is 6.09 Å². The number of amides is 1. The molecule has 22 heavy (non-hydrogen) atoms. The Bertz CT molecular complexity index is 593. The lowest BCUT2D eigenvalue weighted by Gasteiger charge is -2.09. The first-order valence-corrected chi connectivity index (χ1v) is 7.15. The van der Waals surface area contributed by atoms with E-state index < -0.39 is 6.09 Å². The van der Waals surface area contributed by atoms with Gasteiger partial charge in [-0.2, -0.15) is 0 Å². The van der Waals surface area contributed by atoms with Gasteiger partial charge in [0.05, 0.1) is 13.2 Å². The van der Waals surface area contributed by atoms with Crippen molar-refractivity contribution in [1.29, 1.82) is 0 Å². The van der Waals surface area contributed by atoms with E-state index in [2.05, 4.69) is 5.32 Å². The van der Waals surface area contributed by atoms with E-state index in [9.17, 15) is 4.79 Å². The van der Waals surface area contributed by atoms with Crippen molar-refractivity contribution < 1.29 is 19.0 Å². The molecule has 0 aliphatic rings.